The summed E-state index contributed by atoms with van der Waals surface area (Å²) in [4.78, 5) is 34.0. The van der Waals surface area contributed by atoms with E-state index in [2.05, 4.69) is 21.9 Å². The number of H-pyrrole nitrogens is 1. The zero-order valence-electron chi connectivity index (χ0n) is 16.0. The van der Waals surface area contributed by atoms with Crippen molar-refractivity contribution in [3.63, 3.8) is 0 Å². The molecule has 27 heavy (non-hydrogen) atoms. The number of piperidine rings is 1. The maximum Gasteiger partial charge on any atom is 0.285 e. The highest BCUT2D eigenvalue weighted by atomic mass is 16.5. The van der Waals surface area contributed by atoms with E-state index < -0.39 is 0 Å². The molecule has 2 aliphatic heterocycles. The van der Waals surface area contributed by atoms with Crippen LogP contribution >= 0.6 is 0 Å². The maximum absolute atomic E-state index is 12.9. The van der Waals surface area contributed by atoms with E-state index in [1.807, 2.05) is 6.92 Å². The van der Waals surface area contributed by atoms with Crippen LogP contribution in [0.1, 0.15) is 35.8 Å². The van der Waals surface area contributed by atoms with Crippen molar-refractivity contribution in [2.75, 3.05) is 39.4 Å². The summed E-state index contributed by atoms with van der Waals surface area (Å²) in [6.07, 6.45) is 3.33. The lowest BCUT2D eigenvalue weighted by atomic mass is 9.89. The Morgan fingerprint density at radius 2 is 1.96 bits per heavy atom. The molecule has 4 heterocycles. The van der Waals surface area contributed by atoms with E-state index in [9.17, 15) is 9.59 Å². The van der Waals surface area contributed by atoms with Gasteiger partial charge in [-0.3, -0.25) is 19.6 Å². The highest BCUT2D eigenvalue weighted by molar-refractivity contribution is 5.93. The normalized spacial score (nSPS) is 20.9. The Bertz CT molecular complexity index is 875. The predicted octanol–water partition coefficient (Wildman–Crippen LogP) is 0.904. The van der Waals surface area contributed by atoms with Gasteiger partial charge in [0, 0.05) is 50.2 Å². The molecule has 8 heteroatoms. The number of morpholine rings is 1. The molecule has 0 aliphatic carbocycles. The van der Waals surface area contributed by atoms with Gasteiger partial charge in [0.2, 0.25) is 0 Å². The smallest absolute Gasteiger partial charge is 0.285 e. The minimum Gasteiger partial charge on any atom is -0.379 e. The van der Waals surface area contributed by atoms with Crippen LogP contribution in [-0.4, -0.2) is 75.7 Å². The number of amides is 1. The van der Waals surface area contributed by atoms with Crippen molar-refractivity contribution in [2.45, 2.75) is 32.7 Å². The van der Waals surface area contributed by atoms with Crippen molar-refractivity contribution in [3.8, 4) is 0 Å². The number of carbonyl (C=O) groups is 1. The molecule has 2 aliphatic rings. The van der Waals surface area contributed by atoms with E-state index in [1.165, 1.54) is 10.7 Å². The van der Waals surface area contributed by atoms with Gasteiger partial charge in [0.1, 0.15) is 5.56 Å². The molecule has 0 bridgehead atoms. The number of ether oxygens (including phenoxy) is 1. The largest absolute Gasteiger partial charge is 0.379 e. The van der Waals surface area contributed by atoms with Crippen LogP contribution in [0.3, 0.4) is 0 Å². The van der Waals surface area contributed by atoms with E-state index in [-0.39, 0.29) is 17.0 Å². The molecule has 1 atom stereocenters. The first-order chi connectivity index (χ1) is 13.0. The molecular weight excluding hydrogens is 346 g/mol. The summed E-state index contributed by atoms with van der Waals surface area (Å²) >= 11 is 0. The number of nitrogens with zero attached hydrogens (tertiary/aromatic N) is 4. The lowest BCUT2D eigenvalue weighted by Crippen LogP contribution is -2.49. The monoisotopic (exact) mass is 373 g/mol. The van der Waals surface area contributed by atoms with Crippen LogP contribution in [0, 0.1) is 12.8 Å². The summed E-state index contributed by atoms with van der Waals surface area (Å²) < 4.78 is 6.79. The summed E-state index contributed by atoms with van der Waals surface area (Å²) in [6, 6.07) is 2.28. The summed E-state index contributed by atoms with van der Waals surface area (Å²) in [5, 5.41) is 2.94. The first kappa shape index (κ1) is 18.2. The Kier molecular flexibility index (Phi) is 5.01. The molecule has 4 rings (SSSR count). The second kappa shape index (κ2) is 7.44. The zero-order chi connectivity index (χ0) is 19.0. The average Bonchev–Trinajstić information content (AvgIpc) is 3.09. The number of aromatic nitrogens is 3. The summed E-state index contributed by atoms with van der Waals surface area (Å²) in [5.41, 5.74) is 1.17. The van der Waals surface area contributed by atoms with Crippen molar-refractivity contribution in [1.82, 2.24) is 24.4 Å². The van der Waals surface area contributed by atoms with Crippen LogP contribution in [0.25, 0.3) is 5.65 Å². The SMILES string of the molecule is Cc1cc2ncc(C(=O)N3CCC([C@H](C)N4CCOCC4)CC3)c(=O)n2[nH]1. The Morgan fingerprint density at radius 1 is 1.26 bits per heavy atom. The number of hydrogen-bond donors (Lipinski definition) is 1. The first-order valence-electron chi connectivity index (χ1n) is 9.73. The van der Waals surface area contributed by atoms with Crippen molar-refractivity contribution >= 4 is 11.6 Å². The summed E-state index contributed by atoms with van der Waals surface area (Å²) in [5.74, 6) is 0.353. The van der Waals surface area contributed by atoms with Gasteiger partial charge < -0.3 is 9.64 Å². The highest BCUT2D eigenvalue weighted by Crippen LogP contribution is 2.25. The van der Waals surface area contributed by atoms with E-state index in [0.717, 1.165) is 44.8 Å². The number of hydrogen-bond acceptors (Lipinski definition) is 5. The lowest BCUT2D eigenvalue weighted by Gasteiger charge is -2.41. The molecule has 0 saturated carbocycles. The number of nitrogens with one attached hydrogen (secondary N) is 1. The van der Waals surface area contributed by atoms with Crippen LogP contribution in [0.4, 0.5) is 0 Å². The van der Waals surface area contributed by atoms with Gasteiger partial charge in [-0.2, -0.15) is 0 Å². The van der Waals surface area contributed by atoms with Gasteiger partial charge in [-0.15, -0.1) is 0 Å². The minimum absolute atomic E-state index is 0.133. The van der Waals surface area contributed by atoms with Gasteiger partial charge in [-0.1, -0.05) is 0 Å². The number of aromatic amines is 1. The van der Waals surface area contributed by atoms with Gasteiger partial charge in [0.25, 0.3) is 11.5 Å². The number of fused-ring (bicyclic) bond motifs is 1. The molecule has 2 saturated heterocycles. The third-order valence-electron chi connectivity index (χ3n) is 5.98. The zero-order valence-corrected chi connectivity index (χ0v) is 16.0. The summed E-state index contributed by atoms with van der Waals surface area (Å²) in [7, 11) is 0. The molecule has 1 N–H and O–H groups in total. The van der Waals surface area contributed by atoms with Crippen molar-refractivity contribution in [2.24, 2.45) is 5.92 Å². The Morgan fingerprint density at radius 3 is 2.67 bits per heavy atom. The first-order valence-corrected chi connectivity index (χ1v) is 9.73. The fourth-order valence-corrected chi connectivity index (χ4v) is 4.27. The third kappa shape index (κ3) is 3.51. The van der Waals surface area contributed by atoms with Crippen molar-refractivity contribution in [3.05, 3.63) is 33.9 Å². The van der Waals surface area contributed by atoms with E-state index in [4.69, 9.17) is 4.74 Å². The number of rotatable bonds is 3. The van der Waals surface area contributed by atoms with Gasteiger partial charge in [0.15, 0.2) is 5.65 Å². The standard InChI is InChI=1S/C19H27N5O3/c1-13-11-17-20-12-16(19(26)24(17)21-13)18(25)23-5-3-15(4-6-23)14(2)22-7-9-27-10-8-22/h11-12,14-15,21H,3-10H2,1-2H3/t14-/m0/s1. The molecule has 146 valence electrons. The average molecular weight is 373 g/mol. The lowest BCUT2D eigenvalue weighted by molar-refractivity contribution is -0.000965. The fraction of sp³-hybridized carbons (Fsp3) is 0.632. The van der Waals surface area contributed by atoms with Gasteiger partial charge >= 0.3 is 0 Å². The second-order valence-corrected chi connectivity index (χ2v) is 7.63. The van der Waals surface area contributed by atoms with Crippen LogP contribution in [0.5, 0.6) is 0 Å². The van der Waals surface area contributed by atoms with E-state index in [1.54, 1.807) is 11.0 Å². The second-order valence-electron chi connectivity index (χ2n) is 7.63. The van der Waals surface area contributed by atoms with Gasteiger partial charge in [0.05, 0.1) is 13.2 Å². The van der Waals surface area contributed by atoms with Crippen LogP contribution < -0.4 is 5.56 Å². The molecule has 2 aromatic rings. The molecule has 8 nitrogen and oxygen atoms in total. The predicted molar refractivity (Wildman–Crippen MR) is 101 cm³/mol. The molecule has 2 aromatic heterocycles. The van der Waals surface area contributed by atoms with Crippen LogP contribution in [0.2, 0.25) is 0 Å². The minimum atomic E-state index is -0.332. The molecule has 0 aromatic carbocycles. The number of likely N-dealkylation sites (tertiary alicyclic amines) is 1. The highest BCUT2D eigenvalue weighted by Gasteiger charge is 2.31. The maximum atomic E-state index is 12.9. The molecule has 1 amide bonds. The topological polar surface area (TPSA) is 82.9 Å². The quantitative estimate of drug-likeness (QED) is 0.865. The third-order valence-corrected chi connectivity index (χ3v) is 5.98. The Hall–Kier alpha value is -2.19. The van der Waals surface area contributed by atoms with E-state index >= 15 is 0 Å². The number of aryl methyl sites for hydroxylation is 1. The van der Waals surface area contributed by atoms with Crippen molar-refractivity contribution in [1.29, 1.82) is 0 Å². The molecule has 2 fully saturated rings. The molecule has 0 unspecified atom stereocenters. The van der Waals surface area contributed by atoms with Crippen LogP contribution in [0.15, 0.2) is 17.1 Å². The Balaban J connectivity index is 1.43. The summed E-state index contributed by atoms with van der Waals surface area (Å²) in [6.45, 7) is 9.09. The van der Waals surface area contributed by atoms with Gasteiger partial charge in [-0.05, 0) is 32.6 Å². The van der Waals surface area contributed by atoms with Crippen molar-refractivity contribution < 1.29 is 9.53 Å². The van der Waals surface area contributed by atoms with Crippen LogP contribution in [-0.2, 0) is 4.74 Å². The van der Waals surface area contributed by atoms with Gasteiger partial charge in [-0.25, -0.2) is 9.50 Å². The molecule has 0 radical (unpaired) electrons. The molecule has 0 spiro atoms. The fourth-order valence-electron chi connectivity index (χ4n) is 4.27. The Labute approximate surface area is 158 Å². The van der Waals surface area contributed by atoms with E-state index in [0.29, 0.717) is 30.7 Å². The molecular formula is C19H27N5O3. The number of carbonyl (C=O) groups excluding carboxylic acids is 1.